The zero-order valence-corrected chi connectivity index (χ0v) is 28.6. The quantitative estimate of drug-likeness (QED) is 0.208. The van der Waals surface area contributed by atoms with E-state index in [0.717, 1.165) is 11.1 Å². The van der Waals surface area contributed by atoms with Gasteiger partial charge in [-0.15, -0.1) is 0 Å². The molecular formula is C34H49N5O9. The second-order valence-corrected chi connectivity index (χ2v) is 13.2. The lowest BCUT2D eigenvalue weighted by Gasteiger charge is -2.31. The number of rotatable bonds is 14. The molecule has 2 aliphatic heterocycles. The van der Waals surface area contributed by atoms with Gasteiger partial charge in [0.1, 0.15) is 30.1 Å². The van der Waals surface area contributed by atoms with Gasteiger partial charge in [-0.05, 0) is 42.7 Å². The molecule has 1 saturated heterocycles. The van der Waals surface area contributed by atoms with Crippen molar-refractivity contribution in [3.05, 3.63) is 35.4 Å². The van der Waals surface area contributed by atoms with Crippen molar-refractivity contribution >= 4 is 41.3 Å². The normalized spacial score (nSPS) is 19.2. The fourth-order valence-corrected chi connectivity index (χ4v) is 5.75. The second kappa shape index (κ2) is 17.2. The molecule has 0 saturated carbocycles. The van der Waals surface area contributed by atoms with E-state index < -0.39 is 77.7 Å². The summed E-state index contributed by atoms with van der Waals surface area (Å²) in [6.07, 6.45) is -1.75. The minimum absolute atomic E-state index is 0.0926. The smallest absolute Gasteiger partial charge is 0.410 e. The van der Waals surface area contributed by atoms with Gasteiger partial charge >= 0.3 is 6.09 Å². The monoisotopic (exact) mass is 671 g/mol. The Morgan fingerprint density at radius 2 is 1.65 bits per heavy atom. The van der Waals surface area contributed by atoms with Crippen LogP contribution in [0.25, 0.3) is 0 Å². The molecular weight excluding hydrogens is 622 g/mol. The highest BCUT2D eigenvalue weighted by Crippen LogP contribution is 2.26. The van der Waals surface area contributed by atoms with Gasteiger partial charge in [0.25, 0.3) is 5.91 Å². The number of fused-ring (bicyclic) bond motifs is 1. The lowest BCUT2D eigenvalue weighted by Crippen LogP contribution is -2.58. The van der Waals surface area contributed by atoms with Gasteiger partial charge < -0.3 is 35.6 Å². The minimum atomic E-state index is -1.37. The van der Waals surface area contributed by atoms with Crippen LogP contribution < -0.4 is 16.0 Å². The summed E-state index contributed by atoms with van der Waals surface area (Å²) in [6, 6.07) is 4.22. The van der Waals surface area contributed by atoms with Crippen LogP contribution in [-0.4, -0.2) is 106 Å². The van der Waals surface area contributed by atoms with Gasteiger partial charge in [-0.3, -0.25) is 28.8 Å². The van der Waals surface area contributed by atoms with Crippen molar-refractivity contribution in [3.63, 3.8) is 0 Å². The van der Waals surface area contributed by atoms with Crippen LogP contribution in [0.4, 0.5) is 4.79 Å². The first-order valence-corrected chi connectivity index (χ1v) is 16.6. The van der Waals surface area contributed by atoms with Gasteiger partial charge in [0.2, 0.25) is 23.5 Å². The van der Waals surface area contributed by atoms with E-state index in [0.29, 0.717) is 25.9 Å². The molecule has 3 rings (SSSR count). The summed E-state index contributed by atoms with van der Waals surface area (Å²) in [5, 5.41) is 17.8. The van der Waals surface area contributed by atoms with Crippen LogP contribution in [0.5, 0.6) is 0 Å². The fraction of sp³-hybridized carbons (Fsp3) is 0.618. The molecule has 264 valence electrons. The van der Waals surface area contributed by atoms with E-state index in [1.807, 2.05) is 24.3 Å². The first-order valence-electron chi connectivity index (χ1n) is 16.6. The van der Waals surface area contributed by atoms with Crippen LogP contribution in [0, 0.1) is 11.8 Å². The number of ether oxygens (including phenoxy) is 1. The minimum Gasteiger partial charge on any atom is -0.444 e. The van der Waals surface area contributed by atoms with Crippen LogP contribution in [0.2, 0.25) is 0 Å². The predicted molar refractivity (Wildman–Crippen MR) is 174 cm³/mol. The zero-order chi connectivity index (χ0) is 35.7. The highest BCUT2D eigenvalue weighted by molar-refractivity contribution is 6.38. The molecule has 0 radical (unpaired) electrons. The molecule has 5 atom stereocenters. The number of Topliss-reactive ketones (excluding diaryl/α,β-unsaturated/α-hetero) is 2. The Hall–Kier alpha value is -4.33. The number of carbonyl (C=O) groups is 7. The molecule has 0 aliphatic carbocycles. The van der Waals surface area contributed by atoms with Gasteiger partial charge in [-0.2, -0.15) is 0 Å². The van der Waals surface area contributed by atoms with Crippen molar-refractivity contribution in [2.24, 2.45) is 11.8 Å². The molecule has 14 heteroatoms. The van der Waals surface area contributed by atoms with E-state index in [4.69, 9.17) is 4.74 Å². The number of nitrogens with one attached hydrogen (secondary N) is 3. The average Bonchev–Trinajstić information content (AvgIpc) is 3.48. The van der Waals surface area contributed by atoms with Crippen molar-refractivity contribution < 1.29 is 43.4 Å². The maximum atomic E-state index is 14.0. The van der Waals surface area contributed by atoms with E-state index in [-0.39, 0.29) is 31.7 Å². The maximum absolute atomic E-state index is 14.0. The lowest BCUT2D eigenvalue weighted by molar-refractivity contribution is -0.145. The van der Waals surface area contributed by atoms with Gasteiger partial charge in [0.15, 0.2) is 0 Å². The highest BCUT2D eigenvalue weighted by Gasteiger charge is 2.45. The zero-order valence-electron chi connectivity index (χ0n) is 28.6. The topological polar surface area (TPSA) is 192 Å². The first-order chi connectivity index (χ1) is 22.6. The molecule has 2 aliphatic rings. The largest absolute Gasteiger partial charge is 0.444 e. The van der Waals surface area contributed by atoms with Crippen molar-refractivity contribution in [1.82, 2.24) is 25.8 Å². The summed E-state index contributed by atoms with van der Waals surface area (Å²) in [5.41, 5.74) is 2.14. The van der Waals surface area contributed by atoms with Crippen molar-refractivity contribution in [1.29, 1.82) is 0 Å². The Morgan fingerprint density at radius 1 is 0.979 bits per heavy atom. The molecule has 0 aromatic heterocycles. The number of likely N-dealkylation sites (tertiary alicyclic amines) is 1. The molecule has 5 amide bonds. The summed E-state index contributed by atoms with van der Waals surface area (Å²) in [7, 11) is 0. The van der Waals surface area contributed by atoms with Crippen molar-refractivity contribution in [2.75, 3.05) is 19.6 Å². The number of hydrogen-bond acceptors (Lipinski definition) is 9. The van der Waals surface area contributed by atoms with Crippen LogP contribution >= 0.6 is 0 Å². The molecule has 2 heterocycles. The van der Waals surface area contributed by atoms with Gasteiger partial charge in [-0.25, -0.2) is 4.79 Å². The third-order valence-electron chi connectivity index (χ3n) is 8.57. The summed E-state index contributed by atoms with van der Waals surface area (Å²) < 4.78 is 5.83. The van der Waals surface area contributed by atoms with Crippen LogP contribution in [0.15, 0.2) is 24.3 Å². The molecule has 2 unspecified atom stereocenters. The van der Waals surface area contributed by atoms with E-state index in [9.17, 15) is 38.7 Å². The molecule has 4 N–H and O–H groups in total. The maximum Gasteiger partial charge on any atom is 0.410 e. The lowest BCUT2D eigenvalue weighted by atomic mass is 10.00. The summed E-state index contributed by atoms with van der Waals surface area (Å²) in [5.74, 6) is -5.28. The first kappa shape index (κ1) is 38.1. The molecule has 14 nitrogen and oxygen atoms in total. The number of ketones is 2. The van der Waals surface area contributed by atoms with E-state index in [1.165, 1.54) is 11.8 Å². The predicted octanol–water partition coefficient (Wildman–Crippen LogP) is 0.868. The Bertz CT molecular complexity index is 1380. The molecule has 1 aromatic rings. The fourth-order valence-electron chi connectivity index (χ4n) is 5.75. The van der Waals surface area contributed by atoms with Crippen LogP contribution in [0.3, 0.4) is 0 Å². The van der Waals surface area contributed by atoms with E-state index in [2.05, 4.69) is 16.0 Å². The SMILES string of the molecule is CCCC(NC(=O)C1C[C@@H](OC(=O)N2CCc3ccccc3C2)CN1C(=O)[C@@H](NC(=O)[C@@H](O)C(C)C)C(C)C)C(=O)C(=O)NCC(C)=O. The molecule has 1 fully saturated rings. The number of amides is 5. The highest BCUT2D eigenvalue weighted by atomic mass is 16.6. The molecule has 48 heavy (non-hydrogen) atoms. The Labute approximate surface area is 281 Å². The van der Waals surface area contributed by atoms with Crippen LogP contribution in [0.1, 0.15) is 71.9 Å². The summed E-state index contributed by atoms with van der Waals surface area (Å²) in [4.78, 5) is 93.4. The number of carbonyl (C=O) groups excluding carboxylic acids is 7. The Balaban J connectivity index is 1.84. The third-order valence-corrected chi connectivity index (χ3v) is 8.57. The van der Waals surface area contributed by atoms with Gasteiger partial charge in [0.05, 0.1) is 19.1 Å². The Morgan fingerprint density at radius 3 is 2.25 bits per heavy atom. The molecule has 1 aromatic carbocycles. The Kier molecular flexibility index (Phi) is 13.6. The molecule has 0 spiro atoms. The average molecular weight is 672 g/mol. The van der Waals surface area contributed by atoms with Gasteiger partial charge in [-0.1, -0.05) is 65.3 Å². The van der Waals surface area contributed by atoms with Crippen molar-refractivity contribution in [3.8, 4) is 0 Å². The second-order valence-electron chi connectivity index (χ2n) is 13.2. The number of aliphatic hydroxyl groups excluding tert-OH is 1. The summed E-state index contributed by atoms with van der Waals surface area (Å²) in [6.45, 7) is 10.0. The van der Waals surface area contributed by atoms with Gasteiger partial charge in [0, 0.05) is 19.5 Å². The number of aliphatic hydroxyl groups is 1. The van der Waals surface area contributed by atoms with E-state index >= 15 is 0 Å². The van der Waals surface area contributed by atoms with E-state index in [1.54, 1.807) is 39.5 Å². The van der Waals surface area contributed by atoms with Crippen LogP contribution in [-0.2, 0) is 46.5 Å². The van der Waals surface area contributed by atoms with Crippen molar-refractivity contribution in [2.45, 2.75) is 104 Å². The number of hydrogen-bond donors (Lipinski definition) is 4. The summed E-state index contributed by atoms with van der Waals surface area (Å²) >= 11 is 0. The number of benzene rings is 1. The number of nitrogens with zero attached hydrogens (tertiary/aromatic N) is 2. The standard InChI is InChI=1S/C34H49N5O9/c1-7-10-25(29(42)31(44)35-16-21(6)40)36-30(43)26-15-24(48-34(47)38-14-13-22-11-8-9-12-23(22)17-38)18-39(26)33(46)27(19(2)3)37-32(45)28(41)20(4)5/h8-9,11-12,19-20,24-28,41H,7,10,13-18H2,1-6H3,(H,35,44)(H,36,43)(H,37,45)/t24-,25?,26?,27+,28+/m1/s1. The third kappa shape index (κ3) is 9.85. The molecule has 0 bridgehead atoms.